The molecule has 0 bridgehead atoms. The van der Waals surface area contributed by atoms with Crippen molar-refractivity contribution < 1.29 is 4.79 Å². The van der Waals surface area contributed by atoms with Crippen molar-refractivity contribution in [2.45, 2.75) is 39.3 Å². The van der Waals surface area contributed by atoms with E-state index in [1.54, 1.807) is 6.92 Å². The van der Waals surface area contributed by atoms with E-state index < -0.39 is 0 Å². The van der Waals surface area contributed by atoms with Crippen LogP contribution in [0.1, 0.15) is 39.2 Å². The first kappa shape index (κ1) is 22.1. The molecule has 1 amide bonds. The Labute approximate surface area is 185 Å². The largest absolute Gasteiger partial charge is 0.326 e. The molecule has 0 unspecified atom stereocenters. The van der Waals surface area contributed by atoms with Gasteiger partial charge in [0.25, 0.3) is 0 Å². The first-order valence-corrected chi connectivity index (χ1v) is 10.7. The molecule has 156 valence electrons. The number of rotatable bonds is 6. The molecule has 1 N–H and O–H groups in total. The molecule has 3 rings (SSSR count). The Morgan fingerprint density at radius 2 is 1.71 bits per heavy atom. The normalized spacial score (nSPS) is 10.4. The fourth-order valence-corrected chi connectivity index (χ4v) is 4.00. The van der Waals surface area contributed by atoms with Crippen LogP contribution in [0.5, 0.6) is 0 Å². The van der Waals surface area contributed by atoms with Gasteiger partial charge < -0.3 is 9.88 Å². The third-order valence-corrected chi connectivity index (χ3v) is 6.22. The number of carbonyl (C=O) groups is 1. The number of aromatic nitrogens is 3. The summed E-state index contributed by atoms with van der Waals surface area (Å²) in [7, 11) is 0. The van der Waals surface area contributed by atoms with Crippen molar-refractivity contribution in [2.24, 2.45) is 0 Å². The SMILES string of the molecule is Cc1nnc(SCC(=O)Nc2c(C#N)c(C)c(C)n2Cc2ccccc2)c(C#N)c1C. The van der Waals surface area contributed by atoms with Crippen molar-refractivity contribution in [1.82, 2.24) is 14.8 Å². The highest BCUT2D eigenvalue weighted by molar-refractivity contribution is 8.00. The van der Waals surface area contributed by atoms with Crippen molar-refractivity contribution in [3.63, 3.8) is 0 Å². The first-order valence-electron chi connectivity index (χ1n) is 9.67. The number of carbonyl (C=O) groups excluding carboxylic acids is 1. The average Bonchev–Trinajstić information content (AvgIpc) is 2.99. The summed E-state index contributed by atoms with van der Waals surface area (Å²) in [6.45, 7) is 7.96. The van der Waals surface area contributed by atoms with Gasteiger partial charge >= 0.3 is 0 Å². The highest BCUT2D eigenvalue weighted by atomic mass is 32.2. The van der Waals surface area contributed by atoms with E-state index in [-0.39, 0.29) is 11.7 Å². The number of hydrogen-bond donors (Lipinski definition) is 1. The molecule has 1 aromatic carbocycles. The molecule has 8 heteroatoms. The molecule has 31 heavy (non-hydrogen) atoms. The lowest BCUT2D eigenvalue weighted by Crippen LogP contribution is -2.19. The summed E-state index contributed by atoms with van der Waals surface area (Å²) in [4.78, 5) is 12.7. The first-order chi connectivity index (χ1) is 14.9. The molecule has 0 aliphatic carbocycles. The van der Waals surface area contributed by atoms with Gasteiger partial charge in [0.1, 0.15) is 23.0 Å². The van der Waals surface area contributed by atoms with Gasteiger partial charge in [0, 0.05) is 12.2 Å². The fraction of sp³-hybridized carbons (Fsp3) is 0.261. The molecule has 0 atom stereocenters. The van der Waals surface area contributed by atoms with Crippen molar-refractivity contribution >= 4 is 23.5 Å². The zero-order valence-corrected chi connectivity index (χ0v) is 18.7. The Bertz CT molecular complexity index is 1220. The lowest BCUT2D eigenvalue weighted by Gasteiger charge is -2.13. The van der Waals surface area contributed by atoms with E-state index in [4.69, 9.17) is 0 Å². The monoisotopic (exact) mass is 430 g/mol. The van der Waals surface area contributed by atoms with Crippen LogP contribution >= 0.6 is 11.8 Å². The van der Waals surface area contributed by atoms with E-state index in [0.29, 0.717) is 34.2 Å². The number of amides is 1. The van der Waals surface area contributed by atoms with Crippen LogP contribution in [0.4, 0.5) is 5.82 Å². The minimum atomic E-state index is -0.280. The molecular weight excluding hydrogens is 408 g/mol. The zero-order valence-electron chi connectivity index (χ0n) is 17.9. The number of benzene rings is 1. The van der Waals surface area contributed by atoms with Gasteiger partial charge in [-0.2, -0.15) is 15.6 Å². The smallest absolute Gasteiger partial charge is 0.235 e. The van der Waals surface area contributed by atoms with Crippen molar-refractivity contribution in [3.8, 4) is 12.1 Å². The summed E-state index contributed by atoms with van der Waals surface area (Å²) < 4.78 is 1.95. The third kappa shape index (κ3) is 4.60. The van der Waals surface area contributed by atoms with Crippen LogP contribution < -0.4 is 5.32 Å². The Morgan fingerprint density at radius 3 is 2.35 bits per heavy atom. The number of aryl methyl sites for hydroxylation is 1. The molecule has 0 radical (unpaired) electrons. The third-order valence-electron chi connectivity index (χ3n) is 5.26. The Kier molecular flexibility index (Phi) is 6.74. The predicted octanol–water partition coefficient (Wildman–Crippen LogP) is 4.03. The molecule has 7 nitrogen and oxygen atoms in total. The van der Waals surface area contributed by atoms with E-state index in [9.17, 15) is 15.3 Å². The molecule has 2 aromatic heterocycles. The molecule has 0 saturated carbocycles. The maximum Gasteiger partial charge on any atom is 0.235 e. The second-order valence-corrected chi connectivity index (χ2v) is 8.12. The Morgan fingerprint density at radius 1 is 1.03 bits per heavy atom. The van der Waals surface area contributed by atoms with Crippen LogP contribution in [0.15, 0.2) is 35.4 Å². The average molecular weight is 431 g/mol. The predicted molar refractivity (Wildman–Crippen MR) is 120 cm³/mol. The molecule has 0 aliphatic heterocycles. The van der Waals surface area contributed by atoms with Crippen molar-refractivity contribution in [1.29, 1.82) is 10.5 Å². The van der Waals surface area contributed by atoms with Gasteiger partial charge in [-0.25, -0.2) is 0 Å². The quantitative estimate of drug-likeness (QED) is 0.592. The zero-order chi connectivity index (χ0) is 22.5. The maximum atomic E-state index is 12.7. The summed E-state index contributed by atoms with van der Waals surface area (Å²) in [5.74, 6) is 0.251. The van der Waals surface area contributed by atoms with E-state index in [0.717, 1.165) is 34.1 Å². The molecule has 0 fully saturated rings. The van der Waals surface area contributed by atoms with Crippen molar-refractivity contribution in [2.75, 3.05) is 11.1 Å². The van der Waals surface area contributed by atoms with Crippen LogP contribution in [0.25, 0.3) is 0 Å². The standard InChI is InChI=1S/C23H22N6OS/c1-14-16(3)27-28-23(20(14)11-25)31-13-21(30)26-22-19(10-24)15(2)17(4)29(22)12-18-8-6-5-7-9-18/h5-9H,12-13H2,1-4H3,(H,26,30). The van der Waals surface area contributed by atoms with Crippen LogP contribution in [0.3, 0.4) is 0 Å². The minimum absolute atomic E-state index is 0.0470. The number of hydrogen-bond acceptors (Lipinski definition) is 6. The topological polar surface area (TPSA) is 107 Å². The van der Waals surface area contributed by atoms with Crippen LogP contribution in [0, 0.1) is 50.4 Å². The number of anilines is 1. The maximum absolute atomic E-state index is 12.7. The summed E-state index contributed by atoms with van der Waals surface area (Å²) >= 11 is 1.16. The summed E-state index contributed by atoms with van der Waals surface area (Å²) in [6, 6.07) is 14.2. The summed E-state index contributed by atoms with van der Waals surface area (Å²) in [5, 5.41) is 30.5. The fourth-order valence-electron chi connectivity index (χ4n) is 3.22. The second kappa shape index (κ2) is 9.46. The van der Waals surface area contributed by atoms with Crippen LogP contribution in [-0.4, -0.2) is 26.4 Å². The number of nitriles is 2. The highest BCUT2D eigenvalue weighted by Gasteiger charge is 2.20. The molecule has 3 aromatic rings. The van der Waals surface area contributed by atoms with E-state index in [1.807, 2.05) is 55.7 Å². The molecular formula is C23H22N6OS. The van der Waals surface area contributed by atoms with Gasteiger partial charge in [-0.1, -0.05) is 42.1 Å². The van der Waals surface area contributed by atoms with Crippen LogP contribution in [0.2, 0.25) is 0 Å². The summed E-state index contributed by atoms with van der Waals surface area (Å²) in [6.07, 6.45) is 0. The lowest BCUT2D eigenvalue weighted by molar-refractivity contribution is -0.113. The van der Waals surface area contributed by atoms with Crippen LogP contribution in [-0.2, 0) is 11.3 Å². The highest BCUT2D eigenvalue weighted by Crippen LogP contribution is 2.28. The summed E-state index contributed by atoms with van der Waals surface area (Å²) in [5.41, 5.74) is 5.17. The van der Waals surface area contributed by atoms with Gasteiger partial charge in [-0.15, -0.1) is 5.10 Å². The molecule has 0 aliphatic rings. The lowest BCUT2D eigenvalue weighted by atomic mass is 10.1. The van der Waals surface area contributed by atoms with Gasteiger partial charge in [-0.05, 0) is 44.4 Å². The number of thioether (sulfide) groups is 1. The molecule has 2 heterocycles. The molecule has 0 spiro atoms. The minimum Gasteiger partial charge on any atom is -0.326 e. The number of nitrogens with zero attached hydrogens (tertiary/aromatic N) is 5. The van der Waals surface area contributed by atoms with Gasteiger partial charge in [-0.3, -0.25) is 4.79 Å². The van der Waals surface area contributed by atoms with Gasteiger partial charge in [0.05, 0.1) is 22.6 Å². The van der Waals surface area contributed by atoms with Gasteiger partial charge in [0.2, 0.25) is 5.91 Å². The second-order valence-electron chi connectivity index (χ2n) is 7.16. The Balaban J connectivity index is 1.83. The molecule has 0 saturated heterocycles. The Hall–Kier alpha value is -3.62. The van der Waals surface area contributed by atoms with Crippen molar-refractivity contribution in [3.05, 3.63) is 69.5 Å². The van der Waals surface area contributed by atoms with E-state index >= 15 is 0 Å². The van der Waals surface area contributed by atoms with E-state index in [1.165, 1.54) is 0 Å². The van der Waals surface area contributed by atoms with E-state index in [2.05, 4.69) is 27.7 Å². The number of nitrogens with one attached hydrogen (secondary N) is 1. The van der Waals surface area contributed by atoms with Gasteiger partial charge in [0.15, 0.2) is 0 Å².